The van der Waals surface area contributed by atoms with Crippen LogP contribution in [0.25, 0.3) is 0 Å². The molecule has 1 atom stereocenters. The van der Waals surface area contributed by atoms with Gasteiger partial charge in [0.15, 0.2) is 0 Å². The normalized spacial score (nSPS) is 18.6. The van der Waals surface area contributed by atoms with E-state index in [1.165, 1.54) is 0 Å². The van der Waals surface area contributed by atoms with E-state index in [0.717, 1.165) is 22.7 Å². The SMILES string of the molecule is Cc1cc(C)n([C@@H]2CC(c3ccccc3)=NNC2=O)n1. The van der Waals surface area contributed by atoms with Crippen LogP contribution in [0.3, 0.4) is 0 Å². The summed E-state index contributed by atoms with van der Waals surface area (Å²) in [5.74, 6) is -0.115. The largest absolute Gasteiger partial charge is 0.271 e. The standard InChI is InChI=1S/C15H16N4O/c1-10-8-11(2)19(18-10)14-9-13(16-17-15(14)20)12-6-4-3-5-7-12/h3-8,14H,9H2,1-2H3,(H,17,20)/t14-/m1/s1. The van der Waals surface area contributed by atoms with Crippen molar-refractivity contribution >= 4 is 11.6 Å². The Bertz CT molecular complexity index is 672. The highest BCUT2D eigenvalue weighted by molar-refractivity contribution is 6.05. The minimum absolute atomic E-state index is 0.115. The number of hydrogen-bond donors (Lipinski definition) is 1. The zero-order valence-corrected chi connectivity index (χ0v) is 11.5. The molecule has 0 bridgehead atoms. The van der Waals surface area contributed by atoms with E-state index in [2.05, 4.69) is 15.6 Å². The first-order valence-corrected chi connectivity index (χ1v) is 6.60. The molecule has 0 aliphatic carbocycles. The van der Waals surface area contributed by atoms with Gasteiger partial charge in [0, 0.05) is 12.1 Å². The van der Waals surface area contributed by atoms with E-state index < -0.39 is 0 Å². The number of hydrazone groups is 1. The molecular weight excluding hydrogens is 252 g/mol. The zero-order chi connectivity index (χ0) is 14.1. The Morgan fingerprint density at radius 2 is 2.00 bits per heavy atom. The third kappa shape index (κ3) is 2.22. The molecule has 1 aliphatic heterocycles. The molecule has 1 aromatic carbocycles. The lowest BCUT2D eigenvalue weighted by Gasteiger charge is -2.22. The number of benzene rings is 1. The fourth-order valence-electron chi connectivity index (χ4n) is 2.49. The number of nitrogens with zero attached hydrogens (tertiary/aromatic N) is 3. The summed E-state index contributed by atoms with van der Waals surface area (Å²) in [4.78, 5) is 12.1. The lowest BCUT2D eigenvalue weighted by molar-refractivity contribution is -0.124. The van der Waals surface area contributed by atoms with Gasteiger partial charge in [0.1, 0.15) is 6.04 Å². The summed E-state index contributed by atoms with van der Waals surface area (Å²) in [5.41, 5.74) is 6.41. The van der Waals surface area contributed by atoms with E-state index in [-0.39, 0.29) is 11.9 Å². The second kappa shape index (κ2) is 4.92. The molecule has 2 aromatic rings. The predicted octanol–water partition coefficient (Wildman–Crippen LogP) is 1.97. The quantitative estimate of drug-likeness (QED) is 0.905. The average molecular weight is 268 g/mol. The number of amides is 1. The highest BCUT2D eigenvalue weighted by atomic mass is 16.2. The first-order valence-electron chi connectivity index (χ1n) is 6.60. The van der Waals surface area contributed by atoms with E-state index in [1.54, 1.807) is 4.68 Å². The molecule has 0 radical (unpaired) electrons. The van der Waals surface area contributed by atoms with Gasteiger partial charge in [0.25, 0.3) is 5.91 Å². The third-order valence-corrected chi connectivity index (χ3v) is 3.44. The summed E-state index contributed by atoms with van der Waals surface area (Å²) < 4.78 is 1.78. The molecule has 20 heavy (non-hydrogen) atoms. The van der Waals surface area contributed by atoms with Crippen molar-refractivity contribution in [3.8, 4) is 0 Å². The summed E-state index contributed by atoms with van der Waals surface area (Å²) >= 11 is 0. The van der Waals surface area contributed by atoms with Crippen LogP contribution < -0.4 is 5.43 Å². The predicted molar refractivity (Wildman–Crippen MR) is 76.5 cm³/mol. The van der Waals surface area contributed by atoms with Gasteiger partial charge in [-0.05, 0) is 25.5 Å². The number of carbonyl (C=O) groups excluding carboxylic acids is 1. The third-order valence-electron chi connectivity index (χ3n) is 3.44. The number of aromatic nitrogens is 2. The van der Waals surface area contributed by atoms with Crippen molar-refractivity contribution in [2.75, 3.05) is 0 Å². The Kier molecular flexibility index (Phi) is 3.10. The average Bonchev–Trinajstić information content (AvgIpc) is 2.79. The minimum atomic E-state index is -0.337. The molecule has 1 amide bonds. The Labute approximate surface area is 117 Å². The zero-order valence-electron chi connectivity index (χ0n) is 11.5. The fraction of sp³-hybridized carbons (Fsp3) is 0.267. The van der Waals surface area contributed by atoms with E-state index in [0.29, 0.717) is 6.42 Å². The molecule has 0 saturated heterocycles. The second-order valence-electron chi connectivity index (χ2n) is 4.99. The van der Waals surface area contributed by atoms with E-state index in [1.807, 2.05) is 50.2 Å². The summed E-state index contributed by atoms with van der Waals surface area (Å²) in [5, 5.41) is 8.58. The maximum Gasteiger partial charge on any atom is 0.265 e. The molecule has 0 saturated carbocycles. The van der Waals surface area contributed by atoms with Gasteiger partial charge in [-0.1, -0.05) is 30.3 Å². The van der Waals surface area contributed by atoms with Gasteiger partial charge in [0.2, 0.25) is 0 Å². The molecule has 1 aromatic heterocycles. The molecule has 0 spiro atoms. The highest BCUT2D eigenvalue weighted by Crippen LogP contribution is 2.21. The first-order chi connectivity index (χ1) is 9.65. The van der Waals surface area contributed by atoms with Gasteiger partial charge < -0.3 is 0 Å². The van der Waals surface area contributed by atoms with Crippen LogP contribution in [0, 0.1) is 13.8 Å². The van der Waals surface area contributed by atoms with Crippen LogP contribution in [-0.4, -0.2) is 21.4 Å². The van der Waals surface area contributed by atoms with Crippen LogP contribution in [0.15, 0.2) is 41.5 Å². The van der Waals surface area contributed by atoms with Crippen molar-refractivity contribution in [1.29, 1.82) is 0 Å². The molecule has 1 aliphatic rings. The van der Waals surface area contributed by atoms with Gasteiger partial charge in [-0.3, -0.25) is 9.48 Å². The van der Waals surface area contributed by atoms with Crippen molar-refractivity contribution in [1.82, 2.24) is 15.2 Å². The smallest absolute Gasteiger partial charge is 0.265 e. The van der Waals surface area contributed by atoms with Gasteiger partial charge in [0.05, 0.1) is 11.4 Å². The number of carbonyl (C=O) groups is 1. The van der Waals surface area contributed by atoms with Gasteiger partial charge >= 0.3 is 0 Å². The van der Waals surface area contributed by atoms with Crippen LogP contribution in [-0.2, 0) is 4.79 Å². The van der Waals surface area contributed by atoms with Crippen molar-refractivity contribution in [3.05, 3.63) is 53.3 Å². The van der Waals surface area contributed by atoms with E-state index in [4.69, 9.17) is 0 Å². The molecular formula is C15H16N4O. The van der Waals surface area contributed by atoms with Gasteiger partial charge in [-0.2, -0.15) is 10.2 Å². The lowest BCUT2D eigenvalue weighted by Crippen LogP contribution is -2.37. The summed E-state index contributed by atoms with van der Waals surface area (Å²) in [6, 6.07) is 11.5. The van der Waals surface area contributed by atoms with Gasteiger partial charge in [-0.15, -0.1) is 0 Å². The molecule has 2 heterocycles. The molecule has 0 fully saturated rings. The summed E-state index contributed by atoms with van der Waals surface area (Å²) in [7, 11) is 0. The number of nitrogens with one attached hydrogen (secondary N) is 1. The first kappa shape index (κ1) is 12.6. The number of hydrogen-bond acceptors (Lipinski definition) is 3. The van der Waals surface area contributed by atoms with Gasteiger partial charge in [-0.25, -0.2) is 5.43 Å². The van der Waals surface area contributed by atoms with Crippen molar-refractivity contribution in [2.24, 2.45) is 5.10 Å². The molecule has 5 heteroatoms. The number of aryl methyl sites for hydroxylation is 2. The Morgan fingerprint density at radius 1 is 1.25 bits per heavy atom. The summed E-state index contributed by atoms with van der Waals surface area (Å²) in [6.45, 7) is 3.89. The monoisotopic (exact) mass is 268 g/mol. The number of rotatable bonds is 2. The second-order valence-corrected chi connectivity index (χ2v) is 4.99. The van der Waals surface area contributed by atoms with Crippen LogP contribution in [0.1, 0.15) is 29.4 Å². The van der Waals surface area contributed by atoms with Crippen LogP contribution in [0.5, 0.6) is 0 Å². The van der Waals surface area contributed by atoms with Crippen LogP contribution in [0.4, 0.5) is 0 Å². The van der Waals surface area contributed by atoms with Crippen molar-refractivity contribution in [3.63, 3.8) is 0 Å². The maximum absolute atomic E-state index is 12.1. The Hall–Kier alpha value is -2.43. The van der Waals surface area contributed by atoms with Crippen LogP contribution in [0.2, 0.25) is 0 Å². The van der Waals surface area contributed by atoms with E-state index in [9.17, 15) is 4.79 Å². The Morgan fingerprint density at radius 3 is 2.65 bits per heavy atom. The highest BCUT2D eigenvalue weighted by Gasteiger charge is 2.28. The van der Waals surface area contributed by atoms with E-state index >= 15 is 0 Å². The molecule has 5 nitrogen and oxygen atoms in total. The Balaban J connectivity index is 1.93. The fourth-order valence-corrected chi connectivity index (χ4v) is 2.49. The topological polar surface area (TPSA) is 59.3 Å². The maximum atomic E-state index is 12.1. The minimum Gasteiger partial charge on any atom is -0.271 e. The summed E-state index contributed by atoms with van der Waals surface area (Å²) in [6.07, 6.45) is 0.553. The van der Waals surface area contributed by atoms with Crippen LogP contribution >= 0.6 is 0 Å². The molecule has 3 rings (SSSR count). The van der Waals surface area contributed by atoms with Crippen molar-refractivity contribution in [2.45, 2.75) is 26.3 Å². The molecule has 1 N–H and O–H groups in total. The molecule has 102 valence electrons. The lowest BCUT2D eigenvalue weighted by atomic mass is 10.0. The van der Waals surface area contributed by atoms with Crippen molar-refractivity contribution < 1.29 is 4.79 Å². The molecule has 0 unspecified atom stereocenters.